The molecule has 0 aromatic carbocycles. The zero-order chi connectivity index (χ0) is 13.8. The number of carbonyl (C=O) groups excluding carboxylic acids is 1. The van der Waals surface area contributed by atoms with Gasteiger partial charge in [0.25, 0.3) is 0 Å². The van der Waals surface area contributed by atoms with E-state index in [0.717, 1.165) is 5.00 Å². The average molecular weight is 283 g/mol. The minimum absolute atomic E-state index is 0.246. The van der Waals surface area contributed by atoms with Crippen LogP contribution < -0.4 is 11.1 Å². The fraction of sp³-hybridized carbons (Fsp3) is 0.692. The summed E-state index contributed by atoms with van der Waals surface area (Å²) < 4.78 is 8.79. The van der Waals surface area contributed by atoms with Gasteiger partial charge < -0.3 is 15.8 Å². The summed E-state index contributed by atoms with van der Waals surface area (Å²) in [5.41, 5.74) is 6.10. The Bertz CT molecular complexity index is 441. The summed E-state index contributed by atoms with van der Waals surface area (Å²) in [7, 11) is 1.35. The van der Waals surface area contributed by atoms with Crippen molar-refractivity contribution in [3.8, 4) is 0 Å². The minimum atomic E-state index is -0.426. The van der Waals surface area contributed by atoms with Crippen LogP contribution >= 0.6 is 11.5 Å². The number of nitrogens with two attached hydrogens (primary N) is 1. The molecule has 6 heteroatoms. The molecule has 1 saturated carbocycles. The van der Waals surface area contributed by atoms with Crippen molar-refractivity contribution in [2.45, 2.75) is 45.1 Å². The number of methoxy groups -OCH3 is 1. The second kappa shape index (κ2) is 6.23. The van der Waals surface area contributed by atoms with Gasteiger partial charge in [0.05, 0.1) is 7.11 Å². The molecule has 5 nitrogen and oxygen atoms in total. The summed E-state index contributed by atoms with van der Waals surface area (Å²) in [6, 6.07) is 0.323. The van der Waals surface area contributed by atoms with Gasteiger partial charge >= 0.3 is 5.97 Å². The van der Waals surface area contributed by atoms with E-state index < -0.39 is 5.97 Å². The van der Waals surface area contributed by atoms with Crippen LogP contribution in [-0.4, -0.2) is 23.5 Å². The molecule has 1 aliphatic carbocycles. The normalized spacial score (nSPS) is 18.0. The second-order valence-electron chi connectivity index (χ2n) is 5.09. The standard InChI is InChI=1S/C13H21N3O2S/c1-8(9-6-4-3-5-7-9)15-12-10(13(17)18-2)11(14)16-19-12/h8-9,15H,3-7H2,1-2H3,(H2,14,16). The molecule has 3 N–H and O–H groups in total. The third-order valence-electron chi connectivity index (χ3n) is 3.82. The van der Waals surface area contributed by atoms with Gasteiger partial charge in [0.2, 0.25) is 0 Å². The number of ether oxygens (including phenoxy) is 1. The van der Waals surface area contributed by atoms with Crippen molar-refractivity contribution in [3.05, 3.63) is 5.56 Å². The number of nitrogens with zero attached hydrogens (tertiary/aromatic N) is 1. The number of carbonyl (C=O) groups is 1. The van der Waals surface area contributed by atoms with Gasteiger partial charge in [0.15, 0.2) is 5.82 Å². The first-order valence-corrected chi connectivity index (χ1v) is 7.50. The number of aromatic nitrogens is 1. The van der Waals surface area contributed by atoms with E-state index in [1.165, 1.54) is 50.7 Å². The highest BCUT2D eigenvalue weighted by molar-refractivity contribution is 7.11. The third-order valence-corrected chi connectivity index (χ3v) is 4.62. The van der Waals surface area contributed by atoms with E-state index in [1.54, 1.807) is 0 Å². The van der Waals surface area contributed by atoms with Crippen molar-refractivity contribution < 1.29 is 9.53 Å². The zero-order valence-electron chi connectivity index (χ0n) is 11.4. The molecule has 19 heavy (non-hydrogen) atoms. The zero-order valence-corrected chi connectivity index (χ0v) is 12.3. The lowest BCUT2D eigenvalue weighted by atomic mass is 9.84. The van der Waals surface area contributed by atoms with Crippen LogP contribution in [0.1, 0.15) is 49.4 Å². The Morgan fingerprint density at radius 3 is 2.79 bits per heavy atom. The molecule has 1 aromatic heterocycles. The van der Waals surface area contributed by atoms with E-state index in [2.05, 4.69) is 16.6 Å². The van der Waals surface area contributed by atoms with Gasteiger partial charge in [0.1, 0.15) is 10.6 Å². The van der Waals surface area contributed by atoms with Crippen molar-refractivity contribution in [1.82, 2.24) is 4.37 Å². The Balaban J connectivity index is 2.08. The Hall–Kier alpha value is -1.30. The van der Waals surface area contributed by atoms with Crippen LogP contribution in [0.4, 0.5) is 10.8 Å². The number of rotatable bonds is 4. The van der Waals surface area contributed by atoms with E-state index in [4.69, 9.17) is 10.5 Å². The van der Waals surface area contributed by atoms with Crippen molar-refractivity contribution in [3.63, 3.8) is 0 Å². The molecule has 0 saturated heterocycles. The number of nitrogens with one attached hydrogen (secondary N) is 1. The topological polar surface area (TPSA) is 77.2 Å². The molecule has 0 amide bonds. The lowest BCUT2D eigenvalue weighted by Gasteiger charge is -2.28. The molecule has 0 aliphatic heterocycles. The number of hydrogen-bond donors (Lipinski definition) is 2. The van der Waals surface area contributed by atoms with Crippen LogP contribution in [0.2, 0.25) is 0 Å². The van der Waals surface area contributed by atoms with E-state index in [9.17, 15) is 4.79 Å². The number of anilines is 2. The molecule has 2 rings (SSSR count). The Kier molecular flexibility index (Phi) is 4.63. The molecule has 0 bridgehead atoms. The summed E-state index contributed by atoms with van der Waals surface area (Å²) in [5, 5.41) is 4.12. The first-order chi connectivity index (χ1) is 9.13. The molecule has 0 radical (unpaired) electrons. The van der Waals surface area contributed by atoms with Crippen LogP contribution in [0.5, 0.6) is 0 Å². The highest BCUT2D eigenvalue weighted by atomic mass is 32.1. The van der Waals surface area contributed by atoms with E-state index >= 15 is 0 Å². The largest absolute Gasteiger partial charge is 0.465 e. The highest BCUT2D eigenvalue weighted by Crippen LogP contribution is 2.32. The van der Waals surface area contributed by atoms with Gasteiger partial charge in [-0.2, -0.15) is 4.37 Å². The molecule has 1 aliphatic rings. The van der Waals surface area contributed by atoms with Gasteiger partial charge in [-0.25, -0.2) is 4.79 Å². The Morgan fingerprint density at radius 2 is 2.16 bits per heavy atom. The highest BCUT2D eigenvalue weighted by Gasteiger charge is 2.25. The summed E-state index contributed by atoms with van der Waals surface area (Å²) in [4.78, 5) is 11.7. The molecule has 1 unspecified atom stereocenters. The summed E-state index contributed by atoms with van der Waals surface area (Å²) in [6.07, 6.45) is 6.42. The number of hydrogen-bond acceptors (Lipinski definition) is 6. The van der Waals surface area contributed by atoms with Crippen molar-refractivity contribution in [2.24, 2.45) is 5.92 Å². The average Bonchev–Trinajstić information content (AvgIpc) is 2.80. The first kappa shape index (κ1) is 14.1. The van der Waals surface area contributed by atoms with Crippen molar-refractivity contribution >= 4 is 28.3 Å². The predicted molar refractivity (Wildman–Crippen MR) is 77.5 cm³/mol. The minimum Gasteiger partial charge on any atom is -0.465 e. The van der Waals surface area contributed by atoms with Crippen molar-refractivity contribution in [1.29, 1.82) is 0 Å². The van der Waals surface area contributed by atoms with E-state index in [0.29, 0.717) is 17.5 Å². The summed E-state index contributed by atoms with van der Waals surface area (Å²) in [6.45, 7) is 2.16. The van der Waals surface area contributed by atoms with Crippen LogP contribution in [0.3, 0.4) is 0 Å². The molecule has 1 fully saturated rings. The summed E-state index contributed by atoms with van der Waals surface area (Å²) in [5.74, 6) is 0.474. The fourth-order valence-corrected chi connectivity index (χ4v) is 3.46. The maximum Gasteiger partial charge on any atom is 0.344 e. The lowest BCUT2D eigenvalue weighted by molar-refractivity contribution is 0.0603. The quantitative estimate of drug-likeness (QED) is 0.831. The monoisotopic (exact) mass is 283 g/mol. The smallest absolute Gasteiger partial charge is 0.344 e. The maximum atomic E-state index is 11.7. The fourth-order valence-electron chi connectivity index (χ4n) is 2.66. The van der Waals surface area contributed by atoms with E-state index in [1.807, 2.05) is 0 Å². The molecule has 1 atom stereocenters. The SMILES string of the molecule is COC(=O)c1c(N)nsc1NC(C)C1CCCCC1. The third kappa shape index (κ3) is 3.18. The molecule has 1 heterocycles. The van der Waals surface area contributed by atoms with Crippen LogP contribution in [-0.2, 0) is 4.74 Å². The number of esters is 1. The molecule has 0 spiro atoms. The Morgan fingerprint density at radius 1 is 1.47 bits per heavy atom. The summed E-state index contributed by atoms with van der Waals surface area (Å²) >= 11 is 1.23. The second-order valence-corrected chi connectivity index (χ2v) is 5.87. The van der Waals surface area contributed by atoms with Crippen LogP contribution in [0, 0.1) is 5.92 Å². The Labute approximate surface area is 117 Å². The predicted octanol–water partition coefficient (Wildman–Crippen LogP) is 2.89. The van der Waals surface area contributed by atoms with Gasteiger partial charge in [-0.1, -0.05) is 19.3 Å². The van der Waals surface area contributed by atoms with E-state index in [-0.39, 0.29) is 5.82 Å². The number of nitrogen functional groups attached to an aromatic ring is 1. The molecule has 1 aromatic rings. The maximum absolute atomic E-state index is 11.7. The first-order valence-electron chi connectivity index (χ1n) is 6.73. The molecule has 106 valence electrons. The molecular weight excluding hydrogens is 262 g/mol. The van der Waals surface area contributed by atoms with Gasteiger partial charge in [-0.05, 0) is 37.2 Å². The lowest BCUT2D eigenvalue weighted by Crippen LogP contribution is -2.28. The van der Waals surface area contributed by atoms with Crippen LogP contribution in [0.15, 0.2) is 0 Å². The molecular formula is C13H21N3O2S. The van der Waals surface area contributed by atoms with Gasteiger partial charge in [-0.15, -0.1) is 0 Å². The van der Waals surface area contributed by atoms with Gasteiger partial charge in [0, 0.05) is 6.04 Å². The van der Waals surface area contributed by atoms with Gasteiger partial charge in [-0.3, -0.25) is 0 Å². The van der Waals surface area contributed by atoms with Crippen LogP contribution in [0.25, 0.3) is 0 Å². The van der Waals surface area contributed by atoms with Crippen molar-refractivity contribution in [2.75, 3.05) is 18.2 Å².